The molecule has 9 nitrogen and oxygen atoms in total. The van der Waals surface area contributed by atoms with E-state index in [0.717, 1.165) is 0 Å². The van der Waals surface area contributed by atoms with Gasteiger partial charge in [-0.1, -0.05) is 12.0 Å². The zero-order chi connectivity index (χ0) is 18.1. The van der Waals surface area contributed by atoms with Gasteiger partial charge in [0.1, 0.15) is 29.3 Å². The smallest absolute Gasteiger partial charge is 0.415 e. The molecule has 6 atom stereocenters. The number of fused-ring (bicyclic) bond motifs is 1. The molecule has 6 unspecified atom stereocenters. The normalized spacial score (nSPS) is 45.6. The number of halogens is 2. The number of carbonyl (C=O) groups is 1. The zero-order valence-electron chi connectivity index (χ0n) is 12.6. The van der Waals surface area contributed by atoms with Crippen molar-refractivity contribution in [2.45, 2.75) is 54.7 Å². The van der Waals surface area contributed by atoms with Gasteiger partial charge >= 0.3 is 11.2 Å². The van der Waals surface area contributed by atoms with Crippen molar-refractivity contribution in [1.29, 1.82) is 0 Å². The highest BCUT2D eigenvalue weighted by atomic mass is 32.2. The third-order valence-corrected chi connectivity index (χ3v) is 7.35. The highest BCUT2D eigenvalue weighted by molar-refractivity contribution is 7.96. The average molecular weight is 392 g/mol. The Labute approximate surface area is 139 Å². The Morgan fingerprint density at radius 3 is 2.54 bits per heavy atom. The third kappa shape index (κ3) is 2.22. The summed E-state index contributed by atoms with van der Waals surface area (Å²) < 4.78 is 70.8. The molecule has 3 aliphatic heterocycles. The maximum Gasteiger partial charge on any atom is 0.415 e. The van der Waals surface area contributed by atoms with Gasteiger partial charge in [0.25, 0.3) is 10.1 Å². The van der Waals surface area contributed by atoms with E-state index in [1.165, 1.54) is 6.92 Å². The van der Waals surface area contributed by atoms with Gasteiger partial charge in [-0.25, -0.2) is 10.1 Å². The predicted octanol–water partition coefficient (Wildman–Crippen LogP) is 0.855. The second kappa shape index (κ2) is 5.22. The summed E-state index contributed by atoms with van der Waals surface area (Å²) in [5.41, 5.74) is -2.45. The lowest BCUT2D eigenvalue weighted by Gasteiger charge is -2.38. The number of alkyl halides is 2. The Balaban J connectivity index is 1.89. The van der Waals surface area contributed by atoms with Gasteiger partial charge in [0, 0.05) is 5.92 Å². The minimum absolute atomic E-state index is 0.542. The molecule has 0 aromatic heterocycles. The van der Waals surface area contributed by atoms with Crippen LogP contribution >= 0.6 is 12.0 Å². The van der Waals surface area contributed by atoms with Gasteiger partial charge < -0.3 is 9.47 Å². The molecular formula is C11H14F2O9S2. The monoisotopic (exact) mass is 392 g/mol. The van der Waals surface area contributed by atoms with Crippen molar-refractivity contribution in [3.8, 4) is 0 Å². The van der Waals surface area contributed by atoms with Gasteiger partial charge in [-0.2, -0.15) is 17.2 Å². The minimum atomic E-state index is -4.24. The fraction of sp³-hybridized carbons (Fsp3) is 0.909. The van der Waals surface area contributed by atoms with E-state index >= 15 is 0 Å². The van der Waals surface area contributed by atoms with Crippen molar-refractivity contribution in [1.82, 2.24) is 0 Å². The number of esters is 1. The second-order valence-electron chi connectivity index (χ2n) is 6.24. The summed E-state index contributed by atoms with van der Waals surface area (Å²) in [4.78, 5) is 11.7. The molecular weight excluding hydrogens is 378 g/mol. The molecule has 0 aromatic rings. The molecule has 0 spiro atoms. The zero-order valence-corrected chi connectivity index (χ0v) is 14.2. The Morgan fingerprint density at radius 1 is 1.33 bits per heavy atom. The van der Waals surface area contributed by atoms with Gasteiger partial charge in [-0.3, -0.25) is 4.18 Å². The van der Waals surface area contributed by atoms with Crippen molar-refractivity contribution in [2.24, 2.45) is 5.92 Å². The molecule has 138 valence electrons. The lowest BCUT2D eigenvalue weighted by molar-refractivity contribution is -0.433. The molecule has 3 saturated heterocycles. The van der Waals surface area contributed by atoms with Crippen LogP contribution in [0.25, 0.3) is 0 Å². The van der Waals surface area contributed by atoms with E-state index in [4.69, 9.17) is 18.9 Å². The van der Waals surface area contributed by atoms with E-state index in [1.807, 2.05) is 0 Å². The van der Waals surface area contributed by atoms with E-state index in [9.17, 15) is 22.0 Å². The van der Waals surface area contributed by atoms with Crippen LogP contribution in [0, 0.1) is 5.92 Å². The van der Waals surface area contributed by atoms with Crippen molar-refractivity contribution in [2.75, 3.05) is 0 Å². The number of rotatable bonds is 5. The van der Waals surface area contributed by atoms with Gasteiger partial charge in [0.15, 0.2) is 11.4 Å². The van der Waals surface area contributed by atoms with E-state index in [1.54, 1.807) is 13.8 Å². The Bertz CT molecular complexity index is 670. The fourth-order valence-electron chi connectivity index (χ4n) is 3.69. The highest BCUT2D eigenvalue weighted by Gasteiger charge is 2.80. The minimum Gasteiger partial charge on any atom is -0.452 e. The van der Waals surface area contributed by atoms with Crippen LogP contribution in [0.4, 0.5) is 8.78 Å². The van der Waals surface area contributed by atoms with Crippen LogP contribution in [0.2, 0.25) is 0 Å². The van der Waals surface area contributed by atoms with Crippen molar-refractivity contribution in [3.05, 3.63) is 0 Å². The maximum atomic E-state index is 13.6. The summed E-state index contributed by atoms with van der Waals surface area (Å²) in [5, 5.41) is 5.27. The Kier molecular flexibility index (Phi) is 3.96. The first-order chi connectivity index (χ1) is 10.9. The quantitative estimate of drug-likeness (QED) is 0.237. The summed E-state index contributed by atoms with van der Waals surface area (Å²) in [5.74, 6) is -2.59. The SMILES string of the molecule is CC1C2(C)OC3C(C2OC(=O)C(F)(F)SOOO)S(=O)(=O)OC31C. The number of hydrogen-bond donors (Lipinski definition) is 1. The van der Waals surface area contributed by atoms with Gasteiger partial charge in [-0.15, -0.1) is 4.33 Å². The lowest BCUT2D eigenvalue weighted by Crippen LogP contribution is -2.57. The van der Waals surface area contributed by atoms with E-state index in [-0.39, 0.29) is 0 Å². The van der Waals surface area contributed by atoms with Crippen LogP contribution < -0.4 is 0 Å². The van der Waals surface area contributed by atoms with Crippen LogP contribution in [0.3, 0.4) is 0 Å². The molecule has 0 saturated carbocycles. The van der Waals surface area contributed by atoms with Crippen molar-refractivity contribution < 1.29 is 50.3 Å². The van der Waals surface area contributed by atoms with Crippen LogP contribution in [0.15, 0.2) is 0 Å². The third-order valence-electron chi connectivity index (χ3n) is 5.10. The van der Waals surface area contributed by atoms with Gasteiger partial charge in [0.2, 0.25) is 0 Å². The largest absolute Gasteiger partial charge is 0.452 e. The number of carbonyl (C=O) groups excluding carboxylic acids is 1. The molecule has 0 aliphatic carbocycles. The molecule has 1 N–H and O–H groups in total. The van der Waals surface area contributed by atoms with Crippen molar-refractivity contribution in [3.63, 3.8) is 0 Å². The Morgan fingerprint density at radius 2 is 1.96 bits per heavy atom. The van der Waals surface area contributed by atoms with E-state index in [0.29, 0.717) is 0 Å². The summed E-state index contributed by atoms with van der Waals surface area (Å²) in [6.45, 7) is 4.67. The van der Waals surface area contributed by atoms with Gasteiger partial charge in [-0.05, 0) is 13.8 Å². The fourth-order valence-corrected chi connectivity index (χ4v) is 6.03. The predicted molar refractivity (Wildman–Crippen MR) is 71.9 cm³/mol. The molecule has 3 aliphatic rings. The first-order valence-corrected chi connectivity index (χ1v) is 8.98. The molecule has 3 heterocycles. The van der Waals surface area contributed by atoms with Crippen LogP contribution in [-0.4, -0.2) is 53.6 Å². The average Bonchev–Trinajstić information content (AvgIpc) is 2.93. The highest BCUT2D eigenvalue weighted by Crippen LogP contribution is 2.62. The van der Waals surface area contributed by atoms with Crippen LogP contribution in [-0.2, 0) is 37.9 Å². The molecule has 3 fully saturated rings. The molecule has 24 heavy (non-hydrogen) atoms. The van der Waals surface area contributed by atoms with Crippen LogP contribution in [0.5, 0.6) is 0 Å². The summed E-state index contributed by atoms with van der Waals surface area (Å²) >= 11 is -0.793. The molecule has 2 bridgehead atoms. The van der Waals surface area contributed by atoms with Crippen molar-refractivity contribution >= 4 is 28.1 Å². The van der Waals surface area contributed by atoms with Crippen LogP contribution in [0.1, 0.15) is 20.8 Å². The number of ether oxygens (including phenoxy) is 2. The summed E-state index contributed by atoms with van der Waals surface area (Å²) in [6.07, 6.45) is -2.41. The second-order valence-corrected chi connectivity index (χ2v) is 8.75. The van der Waals surface area contributed by atoms with E-state index in [2.05, 4.69) is 9.37 Å². The topological polar surface area (TPSA) is 118 Å². The lowest BCUT2D eigenvalue weighted by atomic mass is 9.70. The molecule has 13 heteroatoms. The molecule has 0 amide bonds. The first kappa shape index (κ1) is 18.2. The van der Waals surface area contributed by atoms with Gasteiger partial charge in [0.05, 0.1) is 0 Å². The standard InChI is InChI=1S/C11H14F2O9S2/c1-4-9(2)6(18-8(14)11(12,13)23-22-21-15)5-7(19-9)10(4,3)20-24(5,16)17/h4-7,15H,1-3H3. The molecule has 3 rings (SSSR count). The van der Waals surface area contributed by atoms with E-state index < -0.39 is 68.0 Å². The Hall–Kier alpha value is -0.570. The molecule has 0 aromatic carbocycles. The number of hydrogen-bond acceptors (Lipinski definition) is 10. The maximum absolute atomic E-state index is 13.6. The summed E-state index contributed by atoms with van der Waals surface area (Å²) in [6, 6.07) is 0. The molecule has 0 radical (unpaired) electrons. The summed E-state index contributed by atoms with van der Waals surface area (Å²) in [7, 11) is -4.17. The first-order valence-electron chi connectivity index (χ1n) is 6.77.